The molecule has 106 valence electrons. The van der Waals surface area contributed by atoms with Gasteiger partial charge in [0.05, 0.1) is 11.9 Å². The predicted molar refractivity (Wildman–Crippen MR) is 75.5 cm³/mol. The van der Waals surface area contributed by atoms with E-state index in [1.165, 1.54) is 6.20 Å². The molecule has 1 saturated carbocycles. The molecule has 0 atom stereocenters. The van der Waals surface area contributed by atoms with Crippen molar-refractivity contribution in [1.29, 1.82) is 0 Å². The summed E-state index contributed by atoms with van der Waals surface area (Å²) in [5, 5.41) is 6.52. The molecule has 3 rings (SSSR count). The smallest absolute Gasteiger partial charge is 0.247 e. The van der Waals surface area contributed by atoms with Crippen molar-refractivity contribution in [3.63, 3.8) is 0 Å². The number of nitrogens with zero attached hydrogens (tertiary/aromatic N) is 2. The molecule has 1 aromatic carbocycles. The summed E-state index contributed by atoms with van der Waals surface area (Å²) in [6.07, 6.45) is 3.26. The van der Waals surface area contributed by atoms with Crippen LogP contribution in [-0.2, 0) is 16.6 Å². The van der Waals surface area contributed by atoms with Gasteiger partial charge in [-0.05, 0) is 25.3 Å². The second kappa shape index (κ2) is 5.03. The lowest BCUT2D eigenvalue weighted by Gasteiger charge is -2.21. The molecule has 20 heavy (non-hydrogen) atoms. The lowest BCUT2D eigenvalue weighted by Crippen LogP contribution is -2.32. The van der Waals surface area contributed by atoms with Gasteiger partial charge in [-0.3, -0.25) is 5.10 Å². The van der Waals surface area contributed by atoms with E-state index in [4.69, 9.17) is 0 Å². The molecular weight excluding hydrogens is 274 g/mol. The van der Waals surface area contributed by atoms with Crippen LogP contribution in [0.5, 0.6) is 0 Å². The van der Waals surface area contributed by atoms with Crippen molar-refractivity contribution >= 4 is 10.0 Å². The summed E-state index contributed by atoms with van der Waals surface area (Å²) in [6, 6.07) is 9.81. The van der Waals surface area contributed by atoms with E-state index in [9.17, 15) is 8.42 Å². The van der Waals surface area contributed by atoms with Gasteiger partial charge >= 0.3 is 0 Å². The molecule has 0 unspecified atom stereocenters. The van der Waals surface area contributed by atoms with Gasteiger partial charge in [0.15, 0.2) is 0 Å². The van der Waals surface area contributed by atoms with Crippen LogP contribution >= 0.6 is 0 Å². The van der Waals surface area contributed by atoms with Gasteiger partial charge in [0.25, 0.3) is 0 Å². The molecule has 0 amide bonds. The summed E-state index contributed by atoms with van der Waals surface area (Å²) in [4.78, 5) is 0.278. The maximum absolute atomic E-state index is 12.8. The fourth-order valence-corrected chi connectivity index (χ4v) is 4.06. The molecule has 1 heterocycles. The number of hydrogen-bond donors (Lipinski definition) is 1. The van der Waals surface area contributed by atoms with Gasteiger partial charge in [0, 0.05) is 12.6 Å². The van der Waals surface area contributed by atoms with Crippen LogP contribution in [-0.4, -0.2) is 29.0 Å². The first-order chi connectivity index (χ1) is 9.59. The Bertz CT molecular complexity index is 690. The van der Waals surface area contributed by atoms with Crippen LogP contribution in [0.25, 0.3) is 0 Å². The van der Waals surface area contributed by atoms with Gasteiger partial charge in [-0.1, -0.05) is 30.3 Å². The van der Waals surface area contributed by atoms with Crippen LogP contribution in [0, 0.1) is 6.92 Å². The molecule has 0 aliphatic heterocycles. The molecular formula is C14H17N3O2S. The Morgan fingerprint density at radius 1 is 1.30 bits per heavy atom. The second-order valence-electron chi connectivity index (χ2n) is 5.13. The van der Waals surface area contributed by atoms with Crippen molar-refractivity contribution in [2.75, 3.05) is 0 Å². The second-order valence-corrected chi connectivity index (χ2v) is 6.99. The van der Waals surface area contributed by atoms with Gasteiger partial charge in [-0.2, -0.15) is 9.40 Å². The minimum Gasteiger partial charge on any atom is -0.281 e. The Labute approximate surface area is 118 Å². The SMILES string of the molecule is Cc1[nH]ncc1S(=O)(=O)N(Cc1ccccc1)C1CC1. The first-order valence-electron chi connectivity index (χ1n) is 6.65. The molecule has 6 heteroatoms. The highest BCUT2D eigenvalue weighted by molar-refractivity contribution is 7.89. The summed E-state index contributed by atoms with van der Waals surface area (Å²) >= 11 is 0. The van der Waals surface area contributed by atoms with E-state index < -0.39 is 10.0 Å². The van der Waals surface area contributed by atoms with Crippen LogP contribution in [0.15, 0.2) is 41.4 Å². The van der Waals surface area contributed by atoms with Gasteiger partial charge in [0.2, 0.25) is 10.0 Å². The van der Waals surface area contributed by atoms with Crippen molar-refractivity contribution in [3.8, 4) is 0 Å². The molecule has 0 saturated heterocycles. The molecule has 0 radical (unpaired) electrons. The molecule has 1 aliphatic carbocycles. The average molecular weight is 291 g/mol. The number of sulfonamides is 1. The van der Waals surface area contributed by atoms with E-state index >= 15 is 0 Å². The molecule has 0 bridgehead atoms. The summed E-state index contributed by atoms with van der Waals surface area (Å²) < 4.78 is 27.1. The highest BCUT2D eigenvalue weighted by Gasteiger charge is 2.39. The van der Waals surface area contributed by atoms with Crippen molar-refractivity contribution in [2.24, 2.45) is 0 Å². The van der Waals surface area contributed by atoms with E-state index in [-0.39, 0.29) is 10.9 Å². The van der Waals surface area contributed by atoms with Crippen molar-refractivity contribution in [2.45, 2.75) is 37.2 Å². The van der Waals surface area contributed by atoms with Crippen LogP contribution in [0.4, 0.5) is 0 Å². The van der Waals surface area contributed by atoms with Crippen molar-refractivity contribution in [3.05, 3.63) is 47.8 Å². The monoisotopic (exact) mass is 291 g/mol. The predicted octanol–water partition coefficient (Wildman–Crippen LogP) is 2.07. The Hall–Kier alpha value is -1.66. The van der Waals surface area contributed by atoms with Crippen LogP contribution in [0.1, 0.15) is 24.1 Å². The first kappa shape index (κ1) is 13.3. The zero-order chi connectivity index (χ0) is 14.2. The molecule has 5 nitrogen and oxygen atoms in total. The van der Waals surface area contributed by atoms with E-state index in [2.05, 4.69) is 10.2 Å². The lowest BCUT2D eigenvalue weighted by atomic mass is 10.2. The highest BCUT2D eigenvalue weighted by atomic mass is 32.2. The van der Waals surface area contributed by atoms with E-state index in [1.807, 2.05) is 30.3 Å². The Morgan fingerprint density at radius 2 is 2.00 bits per heavy atom. The largest absolute Gasteiger partial charge is 0.281 e. The third-order valence-corrected chi connectivity index (χ3v) is 5.52. The third kappa shape index (κ3) is 2.48. The number of aromatic amines is 1. The number of hydrogen-bond acceptors (Lipinski definition) is 3. The number of benzene rings is 1. The maximum Gasteiger partial charge on any atom is 0.247 e. The minimum absolute atomic E-state index is 0.120. The molecule has 1 N–H and O–H groups in total. The first-order valence-corrected chi connectivity index (χ1v) is 8.09. The van der Waals surface area contributed by atoms with Gasteiger partial charge < -0.3 is 0 Å². The Morgan fingerprint density at radius 3 is 2.55 bits per heavy atom. The fraction of sp³-hybridized carbons (Fsp3) is 0.357. The standard InChI is InChI=1S/C14H17N3O2S/c1-11-14(9-15-16-11)20(18,19)17(13-7-8-13)10-12-5-3-2-4-6-12/h2-6,9,13H,7-8,10H2,1H3,(H,15,16). The van der Waals surface area contributed by atoms with Crippen LogP contribution < -0.4 is 0 Å². The average Bonchev–Trinajstić information content (AvgIpc) is 3.18. The van der Waals surface area contributed by atoms with Gasteiger partial charge in [-0.25, -0.2) is 8.42 Å². The van der Waals surface area contributed by atoms with Crippen LogP contribution in [0.2, 0.25) is 0 Å². The number of H-pyrrole nitrogens is 1. The topological polar surface area (TPSA) is 66.1 Å². The van der Waals surface area contributed by atoms with Crippen molar-refractivity contribution in [1.82, 2.24) is 14.5 Å². The molecule has 1 aromatic heterocycles. The van der Waals surface area contributed by atoms with Gasteiger partial charge in [0.1, 0.15) is 4.90 Å². The summed E-state index contributed by atoms with van der Waals surface area (Å²) in [5.41, 5.74) is 1.59. The van der Waals surface area contributed by atoms with Gasteiger partial charge in [-0.15, -0.1) is 0 Å². The zero-order valence-corrected chi connectivity index (χ0v) is 12.1. The molecule has 1 aliphatic rings. The van der Waals surface area contributed by atoms with E-state index in [0.717, 1.165) is 18.4 Å². The number of aryl methyl sites for hydroxylation is 1. The summed E-state index contributed by atoms with van der Waals surface area (Å²) in [5.74, 6) is 0. The molecule has 1 fully saturated rings. The maximum atomic E-state index is 12.8. The Balaban J connectivity index is 1.93. The highest BCUT2D eigenvalue weighted by Crippen LogP contribution is 2.33. The molecule has 0 spiro atoms. The van der Waals surface area contributed by atoms with Crippen LogP contribution in [0.3, 0.4) is 0 Å². The summed E-state index contributed by atoms with van der Waals surface area (Å²) in [6.45, 7) is 2.14. The molecule has 2 aromatic rings. The Kier molecular flexibility index (Phi) is 3.35. The summed E-state index contributed by atoms with van der Waals surface area (Å²) in [7, 11) is -3.48. The quantitative estimate of drug-likeness (QED) is 0.917. The third-order valence-electron chi connectivity index (χ3n) is 3.51. The number of aromatic nitrogens is 2. The van der Waals surface area contributed by atoms with E-state index in [1.54, 1.807) is 11.2 Å². The minimum atomic E-state index is -3.48. The zero-order valence-electron chi connectivity index (χ0n) is 11.3. The lowest BCUT2D eigenvalue weighted by molar-refractivity contribution is 0.398. The fourth-order valence-electron chi connectivity index (χ4n) is 2.26. The number of nitrogens with one attached hydrogen (secondary N) is 1. The van der Waals surface area contributed by atoms with Crippen molar-refractivity contribution < 1.29 is 8.42 Å². The normalized spacial score (nSPS) is 15.7. The number of rotatable bonds is 5. The van der Waals surface area contributed by atoms with E-state index in [0.29, 0.717) is 12.2 Å².